The number of carbonyl (C=O) groups excluding carboxylic acids is 1. The predicted octanol–water partition coefficient (Wildman–Crippen LogP) is 3.91. The van der Waals surface area contributed by atoms with Gasteiger partial charge in [0.2, 0.25) is 0 Å². The van der Waals surface area contributed by atoms with Gasteiger partial charge in [-0.05, 0) is 78.1 Å². The van der Waals surface area contributed by atoms with Crippen LogP contribution in [0, 0.1) is 7.14 Å². The van der Waals surface area contributed by atoms with E-state index in [1.807, 2.05) is 22.6 Å². The maximum atomic E-state index is 13.3. The van der Waals surface area contributed by atoms with Crippen LogP contribution < -0.4 is 4.74 Å². The summed E-state index contributed by atoms with van der Waals surface area (Å²) in [6.07, 6.45) is -4.45. The monoisotopic (exact) mass is 540 g/mol. The second kappa shape index (κ2) is 6.81. The van der Waals surface area contributed by atoms with Crippen LogP contribution in [-0.2, 0) is 9.53 Å². The Hall–Kier alpha value is -0.720. The van der Waals surface area contributed by atoms with Gasteiger partial charge in [0, 0.05) is 3.57 Å². The van der Waals surface area contributed by atoms with Crippen LogP contribution in [0.3, 0.4) is 0 Å². The SMILES string of the molecule is CC(C)(C)OC(=O)c1cc(I)cc(I)c1OC(F)(F)C(=O)O. The molecule has 0 aliphatic rings. The van der Waals surface area contributed by atoms with Gasteiger partial charge in [0.05, 0.1) is 3.57 Å². The van der Waals surface area contributed by atoms with Crippen LogP contribution in [0.2, 0.25) is 0 Å². The van der Waals surface area contributed by atoms with Crippen molar-refractivity contribution in [2.45, 2.75) is 32.5 Å². The van der Waals surface area contributed by atoms with Gasteiger partial charge in [-0.3, -0.25) is 0 Å². The molecule has 0 bridgehead atoms. The molecule has 0 aliphatic heterocycles. The van der Waals surface area contributed by atoms with Crippen molar-refractivity contribution in [3.8, 4) is 5.75 Å². The number of benzene rings is 1. The predicted molar refractivity (Wildman–Crippen MR) is 90.3 cm³/mol. The first-order valence-corrected chi connectivity index (χ1v) is 8.02. The summed E-state index contributed by atoms with van der Waals surface area (Å²) in [7, 11) is 0. The van der Waals surface area contributed by atoms with E-state index in [0.717, 1.165) is 0 Å². The quantitative estimate of drug-likeness (QED) is 0.464. The van der Waals surface area contributed by atoms with E-state index in [1.54, 1.807) is 43.4 Å². The summed E-state index contributed by atoms with van der Waals surface area (Å²) < 4.78 is 36.8. The zero-order chi connectivity index (χ0) is 17.3. The molecule has 9 heteroatoms. The van der Waals surface area contributed by atoms with Gasteiger partial charge >= 0.3 is 18.0 Å². The Morgan fingerprint density at radius 3 is 2.18 bits per heavy atom. The average molecular weight is 540 g/mol. The molecule has 1 N–H and O–H groups in total. The molecule has 22 heavy (non-hydrogen) atoms. The first-order chi connectivity index (χ1) is 9.83. The Morgan fingerprint density at radius 1 is 1.18 bits per heavy atom. The Balaban J connectivity index is 3.33. The molecule has 1 rings (SSSR count). The van der Waals surface area contributed by atoms with Gasteiger partial charge in [-0.1, -0.05) is 0 Å². The summed E-state index contributed by atoms with van der Waals surface area (Å²) in [5.41, 5.74) is -1.09. The molecule has 0 atom stereocenters. The number of hydrogen-bond donors (Lipinski definition) is 1. The van der Waals surface area contributed by atoms with Crippen LogP contribution in [0.1, 0.15) is 31.1 Å². The molecule has 0 unspecified atom stereocenters. The molecule has 5 nitrogen and oxygen atoms in total. The second-order valence-corrected chi connectivity index (χ2v) is 7.60. The van der Waals surface area contributed by atoms with Crippen LogP contribution in [0.15, 0.2) is 12.1 Å². The van der Waals surface area contributed by atoms with E-state index in [-0.39, 0.29) is 9.13 Å². The van der Waals surface area contributed by atoms with E-state index in [2.05, 4.69) is 4.74 Å². The van der Waals surface area contributed by atoms with Crippen LogP contribution in [-0.4, -0.2) is 28.8 Å². The fraction of sp³-hybridized carbons (Fsp3) is 0.385. The lowest BCUT2D eigenvalue weighted by atomic mass is 10.1. The summed E-state index contributed by atoms with van der Waals surface area (Å²) in [4.78, 5) is 22.7. The van der Waals surface area contributed by atoms with Crippen LogP contribution in [0.5, 0.6) is 5.75 Å². The van der Waals surface area contributed by atoms with Gasteiger partial charge in [0.25, 0.3) is 0 Å². The van der Waals surface area contributed by atoms with E-state index in [9.17, 15) is 18.4 Å². The highest BCUT2D eigenvalue weighted by molar-refractivity contribution is 14.1. The standard InChI is InChI=1S/C13H12F2I2O5/c1-12(2,3)22-10(18)7-4-6(16)5-8(17)9(7)21-13(14,15)11(19)20/h4-5H,1-3H3,(H,19,20). The molecule has 0 saturated carbocycles. The zero-order valence-corrected chi connectivity index (χ0v) is 16.1. The largest absolute Gasteiger partial charge is 0.501 e. The number of hydrogen-bond acceptors (Lipinski definition) is 4. The van der Waals surface area contributed by atoms with Gasteiger partial charge in [-0.25, -0.2) is 9.59 Å². The summed E-state index contributed by atoms with van der Waals surface area (Å²) in [5.74, 6) is -3.85. The number of carboxylic acid groups (broad SMARTS) is 1. The van der Waals surface area contributed by atoms with Crippen molar-refractivity contribution in [1.82, 2.24) is 0 Å². The first-order valence-electron chi connectivity index (χ1n) is 5.86. The Kier molecular flexibility index (Phi) is 5.98. The molecule has 1 aromatic rings. The fourth-order valence-corrected chi connectivity index (χ4v) is 3.28. The summed E-state index contributed by atoms with van der Waals surface area (Å²) in [6, 6.07) is 2.77. The highest BCUT2D eigenvalue weighted by Crippen LogP contribution is 2.33. The zero-order valence-electron chi connectivity index (χ0n) is 11.7. The van der Waals surface area contributed by atoms with Gasteiger partial charge in [0.15, 0.2) is 5.75 Å². The lowest BCUT2D eigenvalue weighted by Gasteiger charge is -2.22. The molecule has 0 fully saturated rings. The van der Waals surface area contributed by atoms with Gasteiger partial charge in [-0.15, -0.1) is 0 Å². The van der Waals surface area contributed by atoms with Crippen molar-refractivity contribution in [2.75, 3.05) is 0 Å². The van der Waals surface area contributed by atoms with E-state index in [4.69, 9.17) is 9.84 Å². The Morgan fingerprint density at radius 2 is 1.73 bits per heavy atom. The van der Waals surface area contributed by atoms with E-state index < -0.39 is 29.4 Å². The normalized spacial score (nSPS) is 12.0. The number of carbonyl (C=O) groups is 2. The fourth-order valence-electron chi connectivity index (χ4n) is 1.32. The number of aliphatic carboxylic acids is 1. The molecule has 0 radical (unpaired) electrons. The van der Waals surface area contributed by atoms with Crippen molar-refractivity contribution < 1.29 is 33.0 Å². The average Bonchev–Trinajstić information content (AvgIpc) is 2.29. The number of alkyl halides is 2. The number of carboxylic acids is 1. The molecule has 0 saturated heterocycles. The van der Waals surface area contributed by atoms with Crippen molar-refractivity contribution >= 4 is 57.1 Å². The molecule has 1 aromatic carbocycles. The first kappa shape index (κ1) is 19.3. The molecular weight excluding hydrogens is 528 g/mol. The molecular formula is C13H12F2I2O5. The van der Waals surface area contributed by atoms with Crippen molar-refractivity contribution in [3.05, 3.63) is 24.8 Å². The Labute approximate surface area is 152 Å². The minimum Gasteiger partial charge on any atom is -0.474 e. The number of halogens is 4. The van der Waals surface area contributed by atoms with E-state index in [1.165, 1.54) is 12.1 Å². The van der Waals surface area contributed by atoms with E-state index >= 15 is 0 Å². The van der Waals surface area contributed by atoms with Crippen molar-refractivity contribution in [3.63, 3.8) is 0 Å². The molecule has 0 spiro atoms. The minimum absolute atomic E-state index is 0.172. The third-order valence-corrected chi connectivity index (χ3v) is 3.53. The summed E-state index contributed by atoms with van der Waals surface area (Å²) in [5, 5.41) is 8.47. The lowest BCUT2D eigenvalue weighted by Crippen LogP contribution is -2.36. The number of esters is 1. The van der Waals surface area contributed by atoms with E-state index in [0.29, 0.717) is 3.57 Å². The molecule has 0 amide bonds. The molecule has 0 heterocycles. The molecule has 0 aromatic heterocycles. The summed E-state index contributed by atoms with van der Waals surface area (Å²) >= 11 is 3.58. The topological polar surface area (TPSA) is 72.8 Å². The van der Waals surface area contributed by atoms with Gasteiger partial charge < -0.3 is 14.6 Å². The van der Waals surface area contributed by atoms with Crippen LogP contribution in [0.25, 0.3) is 0 Å². The number of rotatable bonds is 4. The van der Waals surface area contributed by atoms with Gasteiger partial charge in [-0.2, -0.15) is 8.78 Å². The lowest BCUT2D eigenvalue weighted by molar-refractivity contribution is -0.211. The third-order valence-electron chi connectivity index (χ3n) is 2.11. The highest BCUT2D eigenvalue weighted by Gasteiger charge is 2.44. The van der Waals surface area contributed by atoms with Crippen molar-refractivity contribution in [2.24, 2.45) is 0 Å². The molecule has 122 valence electrons. The van der Waals surface area contributed by atoms with Crippen LogP contribution in [0.4, 0.5) is 8.78 Å². The van der Waals surface area contributed by atoms with Crippen molar-refractivity contribution in [1.29, 1.82) is 0 Å². The minimum atomic E-state index is -4.45. The van der Waals surface area contributed by atoms with Gasteiger partial charge in [0.1, 0.15) is 11.2 Å². The highest BCUT2D eigenvalue weighted by atomic mass is 127. The smallest absolute Gasteiger partial charge is 0.474 e. The third kappa shape index (κ3) is 5.18. The maximum Gasteiger partial charge on any atom is 0.501 e. The number of ether oxygens (including phenoxy) is 2. The van der Waals surface area contributed by atoms with Crippen LogP contribution >= 0.6 is 45.2 Å². The Bertz CT molecular complexity index is 611. The maximum absolute atomic E-state index is 13.3. The molecule has 0 aliphatic carbocycles. The summed E-state index contributed by atoms with van der Waals surface area (Å²) in [6.45, 7) is 4.86. The second-order valence-electron chi connectivity index (χ2n) is 5.19.